The molecular formula is C32H26N2O2. The Morgan fingerprint density at radius 1 is 0.500 bits per heavy atom. The second kappa shape index (κ2) is 9.31. The minimum absolute atomic E-state index is 0.495. The third-order valence-electron chi connectivity index (χ3n) is 6.52. The summed E-state index contributed by atoms with van der Waals surface area (Å²) in [5.41, 5.74) is 6.47. The number of benzene rings is 5. The lowest BCUT2D eigenvalue weighted by Gasteiger charge is -2.13. The summed E-state index contributed by atoms with van der Waals surface area (Å²) >= 11 is 0. The second-order valence-corrected chi connectivity index (χ2v) is 9.22. The van der Waals surface area contributed by atoms with Crippen molar-refractivity contribution in [1.29, 1.82) is 0 Å². The molecule has 5 aromatic carbocycles. The lowest BCUT2D eigenvalue weighted by atomic mass is 9.96. The van der Waals surface area contributed by atoms with Crippen LogP contribution in [-0.2, 0) is 13.2 Å². The lowest BCUT2D eigenvalue weighted by molar-refractivity contribution is 0.306. The zero-order valence-electron chi connectivity index (χ0n) is 20.4. The molecule has 0 aliphatic carbocycles. The van der Waals surface area contributed by atoms with Gasteiger partial charge >= 0.3 is 0 Å². The standard InChI is InChI=1S/C32H26N2O2/c1-21-3-9-25(10-4-21)35-19-23-7-13-27-29(17-23)30-18-24(20-36-26-11-5-22(2)6-12-26)8-14-28(30)32-31(27)33-15-16-34-32/h3-18H,19-20H2,1-2H3. The molecule has 0 N–H and O–H groups in total. The maximum atomic E-state index is 6.07. The van der Waals surface area contributed by atoms with E-state index in [9.17, 15) is 0 Å². The normalized spacial score (nSPS) is 11.3. The summed E-state index contributed by atoms with van der Waals surface area (Å²) in [4.78, 5) is 9.36. The fourth-order valence-electron chi connectivity index (χ4n) is 4.56. The molecule has 1 aromatic heterocycles. The van der Waals surface area contributed by atoms with Crippen molar-refractivity contribution in [3.63, 3.8) is 0 Å². The van der Waals surface area contributed by atoms with Gasteiger partial charge in [-0.25, -0.2) is 0 Å². The van der Waals surface area contributed by atoms with Crippen molar-refractivity contribution in [2.75, 3.05) is 0 Å². The van der Waals surface area contributed by atoms with Gasteiger partial charge in [-0.05, 0) is 72.1 Å². The Kier molecular flexibility index (Phi) is 5.70. The monoisotopic (exact) mass is 470 g/mol. The Morgan fingerprint density at radius 3 is 1.33 bits per heavy atom. The summed E-state index contributed by atoms with van der Waals surface area (Å²) in [6.45, 7) is 5.14. The molecule has 4 heteroatoms. The van der Waals surface area contributed by atoms with Crippen LogP contribution in [0.2, 0.25) is 0 Å². The largest absolute Gasteiger partial charge is 0.489 e. The third kappa shape index (κ3) is 4.34. The van der Waals surface area contributed by atoms with Gasteiger partial charge in [-0.1, -0.05) is 59.7 Å². The highest BCUT2D eigenvalue weighted by molar-refractivity contribution is 6.23. The second-order valence-electron chi connectivity index (χ2n) is 9.22. The van der Waals surface area contributed by atoms with Gasteiger partial charge in [0, 0.05) is 23.2 Å². The highest BCUT2D eigenvalue weighted by atomic mass is 16.5. The van der Waals surface area contributed by atoms with E-state index in [0.717, 1.165) is 55.2 Å². The van der Waals surface area contributed by atoms with Gasteiger partial charge in [-0.15, -0.1) is 0 Å². The Hall–Kier alpha value is -4.44. The number of nitrogens with zero attached hydrogens (tertiary/aromatic N) is 2. The number of rotatable bonds is 6. The van der Waals surface area contributed by atoms with E-state index < -0.39 is 0 Å². The molecule has 1 heterocycles. The molecule has 0 saturated heterocycles. The molecule has 4 nitrogen and oxygen atoms in total. The van der Waals surface area contributed by atoms with Gasteiger partial charge in [-0.2, -0.15) is 0 Å². The molecule has 36 heavy (non-hydrogen) atoms. The van der Waals surface area contributed by atoms with Crippen LogP contribution in [0.15, 0.2) is 97.3 Å². The molecule has 0 spiro atoms. The Bertz CT molecular complexity index is 1560. The number of hydrogen-bond acceptors (Lipinski definition) is 4. The van der Waals surface area contributed by atoms with Gasteiger partial charge in [0.2, 0.25) is 0 Å². The Balaban J connectivity index is 1.40. The first-order valence-electron chi connectivity index (χ1n) is 12.1. The molecule has 6 aromatic rings. The fraction of sp³-hybridized carbons (Fsp3) is 0.125. The molecule has 6 rings (SSSR count). The van der Waals surface area contributed by atoms with Gasteiger partial charge in [0.05, 0.1) is 11.0 Å². The molecule has 0 aliphatic heterocycles. The van der Waals surface area contributed by atoms with Gasteiger partial charge in [0.15, 0.2) is 0 Å². The average Bonchev–Trinajstić information content (AvgIpc) is 2.92. The zero-order valence-corrected chi connectivity index (χ0v) is 20.4. The van der Waals surface area contributed by atoms with Gasteiger partial charge in [0.25, 0.3) is 0 Å². The maximum Gasteiger partial charge on any atom is 0.119 e. The van der Waals surface area contributed by atoms with Crippen LogP contribution >= 0.6 is 0 Å². The van der Waals surface area contributed by atoms with Crippen molar-refractivity contribution in [2.45, 2.75) is 27.1 Å². The fourth-order valence-corrected chi connectivity index (χ4v) is 4.56. The molecule has 0 aliphatic rings. The molecule has 0 unspecified atom stereocenters. The summed E-state index contributed by atoms with van der Waals surface area (Å²) < 4.78 is 12.1. The highest BCUT2D eigenvalue weighted by Crippen LogP contribution is 2.34. The summed E-state index contributed by atoms with van der Waals surface area (Å²) in [5, 5.41) is 4.45. The summed E-state index contributed by atoms with van der Waals surface area (Å²) in [7, 11) is 0. The van der Waals surface area contributed by atoms with Crippen molar-refractivity contribution >= 4 is 32.6 Å². The van der Waals surface area contributed by atoms with Crippen LogP contribution in [0.5, 0.6) is 11.5 Å². The SMILES string of the molecule is Cc1ccc(OCc2ccc3c(c2)c2cc(COc4ccc(C)cc4)ccc2c2nccnc32)cc1. The van der Waals surface area contributed by atoms with Crippen LogP contribution in [-0.4, -0.2) is 9.97 Å². The molecule has 176 valence electrons. The quantitative estimate of drug-likeness (QED) is 0.234. The van der Waals surface area contributed by atoms with Crippen molar-refractivity contribution in [3.05, 3.63) is 120 Å². The molecular weight excluding hydrogens is 444 g/mol. The molecule has 0 fully saturated rings. The number of fused-ring (bicyclic) bond motifs is 6. The first kappa shape index (κ1) is 22.1. The van der Waals surface area contributed by atoms with Crippen LogP contribution in [0.1, 0.15) is 22.3 Å². The average molecular weight is 471 g/mol. The van der Waals surface area contributed by atoms with E-state index in [2.05, 4.69) is 84.5 Å². The van der Waals surface area contributed by atoms with Crippen LogP contribution in [0.4, 0.5) is 0 Å². The Labute approximate surface area is 210 Å². The zero-order chi connectivity index (χ0) is 24.5. The van der Waals surface area contributed by atoms with E-state index in [-0.39, 0.29) is 0 Å². The topological polar surface area (TPSA) is 44.2 Å². The van der Waals surface area contributed by atoms with E-state index in [1.54, 1.807) is 12.4 Å². The predicted octanol–water partition coefficient (Wildman–Crippen LogP) is 7.71. The summed E-state index contributed by atoms with van der Waals surface area (Å²) in [6.07, 6.45) is 3.51. The minimum atomic E-state index is 0.495. The van der Waals surface area contributed by atoms with Gasteiger partial charge < -0.3 is 9.47 Å². The molecule has 0 amide bonds. The summed E-state index contributed by atoms with van der Waals surface area (Å²) in [5.74, 6) is 1.73. The molecule has 0 bridgehead atoms. The third-order valence-corrected chi connectivity index (χ3v) is 6.52. The number of ether oxygens (including phenoxy) is 2. The predicted molar refractivity (Wildman–Crippen MR) is 146 cm³/mol. The van der Waals surface area contributed by atoms with E-state index in [4.69, 9.17) is 9.47 Å². The molecule has 0 saturated carbocycles. The van der Waals surface area contributed by atoms with Crippen LogP contribution in [0, 0.1) is 13.8 Å². The Morgan fingerprint density at radius 2 is 0.917 bits per heavy atom. The van der Waals surface area contributed by atoms with E-state index in [0.29, 0.717) is 13.2 Å². The van der Waals surface area contributed by atoms with E-state index in [1.807, 2.05) is 24.3 Å². The first-order chi connectivity index (χ1) is 17.6. The van der Waals surface area contributed by atoms with E-state index >= 15 is 0 Å². The maximum absolute atomic E-state index is 6.07. The van der Waals surface area contributed by atoms with Crippen molar-refractivity contribution in [1.82, 2.24) is 9.97 Å². The van der Waals surface area contributed by atoms with Crippen LogP contribution < -0.4 is 9.47 Å². The number of aryl methyl sites for hydroxylation is 2. The number of aromatic nitrogens is 2. The minimum Gasteiger partial charge on any atom is -0.489 e. The van der Waals surface area contributed by atoms with Crippen molar-refractivity contribution < 1.29 is 9.47 Å². The van der Waals surface area contributed by atoms with Crippen molar-refractivity contribution in [3.8, 4) is 11.5 Å². The first-order valence-corrected chi connectivity index (χ1v) is 12.1. The van der Waals surface area contributed by atoms with E-state index in [1.165, 1.54) is 11.1 Å². The smallest absolute Gasteiger partial charge is 0.119 e. The molecule has 0 radical (unpaired) electrons. The highest BCUT2D eigenvalue weighted by Gasteiger charge is 2.12. The van der Waals surface area contributed by atoms with Gasteiger partial charge in [0.1, 0.15) is 24.7 Å². The lowest BCUT2D eigenvalue weighted by Crippen LogP contribution is -1.98. The van der Waals surface area contributed by atoms with Crippen molar-refractivity contribution in [2.24, 2.45) is 0 Å². The molecule has 0 atom stereocenters. The van der Waals surface area contributed by atoms with Crippen LogP contribution in [0.25, 0.3) is 32.6 Å². The summed E-state index contributed by atoms with van der Waals surface area (Å²) in [6, 6.07) is 29.2. The van der Waals surface area contributed by atoms with Crippen LogP contribution in [0.3, 0.4) is 0 Å². The number of hydrogen-bond donors (Lipinski definition) is 0. The van der Waals surface area contributed by atoms with Gasteiger partial charge in [-0.3, -0.25) is 9.97 Å².